The Kier molecular flexibility index (Phi) is 5.07. The summed E-state index contributed by atoms with van der Waals surface area (Å²) < 4.78 is 6.05. The average molecular weight is 280 g/mol. The van der Waals surface area contributed by atoms with Gasteiger partial charge in [-0.3, -0.25) is 0 Å². The van der Waals surface area contributed by atoms with Crippen LogP contribution in [0.1, 0.15) is 66.0 Å². The minimum Gasteiger partial charge on any atom is -0.486 e. The van der Waals surface area contributed by atoms with Crippen LogP contribution in [-0.2, 0) is 10.8 Å². The van der Waals surface area contributed by atoms with Crippen LogP contribution in [0.5, 0.6) is 5.75 Å². The Hall–Kier alpha value is -0.550. The lowest BCUT2D eigenvalue weighted by Gasteiger charge is -2.28. The predicted octanol–water partition coefficient (Wildman–Crippen LogP) is 5.27. The molecule has 2 unspecified atom stereocenters. The van der Waals surface area contributed by atoms with E-state index in [1.165, 1.54) is 11.1 Å². The highest BCUT2D eigenvalue weighted by Gasteiger charge is 2.23. The molecule has 0 saturated heterocycles. The molecule has 0 aliphatic heterocycles. The second-order valence-electron chi connectivity index (χ2n) is 7.28. The first-order valence-electron chi connectivity index (χ1n) is 7.13. The topological polar surface area (TPSA) is 9.23 Å². The summed E-state index contributed by atoms with van der Waals surface area (Å²) in [6, 6.07) is 6.63. The number of ether oxygens (including phenoxy) is 1. The first kappa shape index (κ1) is 16.5. The summed E-state index contributed by atoms with van der Waals surface area (Å²) in [5, 5.41) is 0. The molecule has 1 nitrogen and oxygen atoms in total. The van der Waals surface area contributed by atoms with Crippen molar-refractivity contribution in [1.82, 2.24) is 0 Å². The van der Waals surface area contributed by atoms with Gasteiger partial charge in [0, 0.05) is 0 Å². The van der Waals surface area contributed by atoms with Crippen LogP contribution in [0.15, 0.2) is 18.2 Å². The number of benzene rings is 1. The molecule has 0 aliphatic carbocycles. The second kappa shape index (κ2) is 5.83. The van der Waals surface area contributed by atoms with E-state index in [2.05, 4.69) is 75.9 Å². The molecule has 0 radical (unpaired) electrons. The second-order valence-corrected chi connectivity index (χ2v) is 8.02. The van der Waals surface area contributed by atoms with Gasteiger partial charge in [0.15, 0.2) is 0 Å². The lowest BCUT2D eigenvalue weighted by atomic mass is 9.80. The normalized spacial score (nSPS) is 14.3. The molecule has 1 aromatic carbocycles. The maximum absolute atomic E-state index is 6.05. The zero-order valence-electron chi connectivity index (χ0n) is 13.5. The largest absolute Gasteiger partial charge is 0.486 e. The van der Waals surface area contributed by atoms with E-state index in [0.717, 1.165) is 12.2 Å². The Morgan fingerprint density at radius 3 is 2.05 bits per heavy atom. The zero-order valence-corrected chi connectivity index (χ0v) is 14.7. The third-order valence-electron chi connectivity index (χ3n) is 3.33. The molecule has 0 saturated carbocycles. The molecule has 2 atom stereocenters. The van der Waals surface area contributed by atoms with Crippen LogP contribution in [-0.4, -0.2) is 5.85 Å². The minimum absolute atomic E-state index is 0.0920. The van der Waals surface area contributed by atoms with E-state index in [1.807, 2.05) is 0 Å². The summed E-state index contributed by atoms with van der Waals surface area (Å²) >= 11 is 0. The van der Waals surface area contributed by atoms with E-state index in [4.69, 9.17) is 4.74 Å². The van der Waals surface area contributed by atoms with E-state index in [9.17, 15) is 0 Å². The van der Waals surface area contributed by atoms with Crippen LogP contribution in [0.3, 0.4) is 0 Å². The van der Waals surface area contributed by atoms with Gasteiger partial charge < -0.3 is 4.74 Å². The molecule has 0 amide bonds. The third kappa shape index (κ3) is 4.49. The van der Waals surface area contributed by atoms with Crippen LogP contribution in [0.25, 0.3) is 0 Å². The molecule has 19 heavy (non-hydrogen) atoms. The predicted molar refractivity (Wildman–Crippen MR) is 88.3 cm³/mol. The summed E-state index contributed by atoms with van der Waals surface area (Å²) in [5.74, 6) is 1.20. The molecular formula is C17H29OP. The first-order valence-corrected chi connectivity index (χ1v) is 7.79. The van der Waals surface area contributed by atoms with Crippen molar-refractivity contribution in [2.24, 2.45) is 0 Å². The van der Waals surface area contributed by atoms with E-state index >= 15 is 0 Å². The van der Waals surface area contributed by atoms with Gasteiger partial charge in [-0.05, 0) is 34.4 Å². The highest BCUT2D eigenvalue weighted by molar-refractivity contribution is 7.17. The molecule has 1 aromatic rings. The monoisotopic (exact) mass is 280 g/mol. The zero-order chi connectivity index (χ0) is 14.8. The third-order valence-corrected chi connectivity index (χ3v) is 3.94. The van der Waals surface area contributed by atoms with Crippen molar-refractivity contribution in [2.45, 2.75) is 71.6 Å². The van der Waals surface area contributed by atoms with Gasteiger partial charge in [0.25, 0.3) is 0 Å². The van der Waals surface area contributed by atoms with Crippen molar-refractivity contribution in [3.8, 4) is 5.75 Å². The molecule has 108 valence electrons. The highest BCUT2D eigenvalue weighted by atomic mass is 31.0. The van der Waals surface area contributed by atoms with Crippen molar-refractivity contribution in [3.05, 3.63) is 29.3 Å². The van der Waals surface area contributed by atoms with Gasteiger partial charge in [0.1, 0.15) is 11.6 Å². The molecule has 0 aromatic heterocycles. The van der Waals surface area contributed by atoms with Gasteiger partial charge in [-0.15, -0.1) is 0 Å². The lowest BCUT2D eigenvalue weighted by Crippen LogP contribution is -2.19. The van der Waals surface area contributed by atoms with Crippen LogP contribution in [0.2, 0.25) is 0 Å². The van der Waals surface area contributed by atoms with E-state index < -0.39 is 0 Å². The fraction of sp³-hybridized carbons (Fsp3) is 0.647. The lowest BCUT2D eigenvalue weighted by molar-refractivity contribution is 0.275. The molecule has 0 heterocycles. The Morgan fingerprint density at radius 2 is 1.63 bits per heavy atom. The van der Waals surface area contributed by atoms with Crippen LogP contribution in [0, 0.1) is 0 Å². The summed E-state index contributed by atoms with van der Waals surface area (Å²) in [4.78, 5) is 0. The SMILES string of the molecule is CCC(P)Oc1ccc(C(C)(C)C)cc1C(C)(C)C. The minimum atomic E-state index is 0.0920. The molecular weight excluding hydrogens is 251 g/mol. The van der Waals surface area contributed by atoms with Crippen molar-refractivity contribution >= 4 is 9.24 Å². The van der Waals surface area contributed by atoms with E-state index in [1.54, 1.807) is 0 Å². The van der Waals surface area contributed by atoms with Gasteiger partial charge in [-0.1, -0.05) is 69.8 Å². The van der Waals surface area contributed by atoms with Gasteiger partial charge in [0.2, 0.25) is 0 Å². The fourth-order valence-corrected chi connectivity index (χ4v) is 2.08. The molecule has 1 rings (SSSR count). The summed E-state index contributed by atoms with van der Waals surface area (Å²) in [7, 11) is 2.76. The Labute approximate surface area is 121 Å². The maximum atomic E-state index is 6.05. The molecule has 0 N–H and O–H groups in total. The molecule has 2 heteroatoms. The average Bonchev–Trinajstić information content (AvgIpc) is 2.26. The summed E-state index contributed by atoms with van der Waals surface area (Å²) in [6.07, 6.45) is 0.995. The Morgan fingerprint density at radius 1 is 1.05 bits per heavy atom. The fourth-order valence-electron chi connectivity index (χ4n) is 1.93. The highest BCUT2D eigenvalue weighted by Crippen LogP contribution is 2.36. The van der Waals surface area contributed by atoms with E-state index in [0.29, 0.717) is 0 Å². The summed E-state index contributed by atoms with van der Waals surface area (Å²) in [5.41, 5.74) is 2.92. The van der Waals surface area contributed by atoms with Gasteiger partial charge in [-0.2, -0.15) is 0 Å². The van der Waals surface area contributed by atoms with Crippen molar-refractivity contribution in [3.63, 3.8) is 0 Å². The first-order chi connectivity index (χ1) is 8.55. The van der Waals surface area contributed by atoms with Crippen molar-refractivity contribution in [2.75, 3.05) is 0 Å². The molecule has 0 fully saturated rings. The number of hydrogen-bond acceptors (Lipinski definition) is 1. The summed E-state index contributed by atoms with van der Waals surface area (Å²) in [6.45, 7) is 15.6. The number of hydrogen-bond donors (Lipinski definition) is 0. The van der Waals surface area contributed by atoms with Crippen LogP contribution < -0.4 is 4.74 Å². The molecule has 0 aliphatic rings. The van der Waals surface area contributed by atoms with Crippen molar-refractivity contribution < 1.29 is 4.74 Å². The van der Waals surface area contributed by atoms with Crippen LogP contribution in [0.4, 0.5) is 0 Å². The van der Waals surface area contributed by atoms with Crippen molar-refractivity contribution in [1.29, 1.82) is 0 Å². The van der Waals surface area contributed by atoms with Gasteiger partial charge >= 0.3 is 0 Å². The van der Waals surface area contributed by atoms with Crippen LogP contribution >= 0.6 is 9.24 Å². The Bertz CT molecular complexity index is 424. The Balaban J connectivity index is 3.26. The quantitative estimate of drug-likeness (QED) is 0.685. The standard InChI is InChI=1S/C17H29OP/c1-8-15(19)18-14-10-9-12(16(2,3)4)11-13(14)17(5,6)7/h9-11,15H,8,19H2,1-7H3. The van der Waals surface area contributed by atoms with Gasteiger partial charge in [-0.25, -0.2) is 0 Å². The van der Waals surface area contributed by atoms with Gasteiger partial charge in [0.05, 0.1) is 0 Å². The maximum Gasteiger partial charge on any atom is 0.123 e. The molecule has 0 spiro atoms. The molecule has 0 bridgehead atoms. The smallest absolute Gasteiger partial charge is 0.123 e. The van der Waals surface area contributed by atoms with E-state index in [-0.39, 0.29) is 16.7 Å². The number of rotatable bonds is 3.